The van der Waals surface area contributed by atoms with Gasteiger partial charge in [-0.2, -0.15) is 4.98 Å². The van der Waals surface area contributed by atoms with Gasteiger partial charge >= 0.3 is 5.97 Å². The molecular formula is C13H13ClN2O3. The molecule has 0 aliphatic rings. The summed E-state index contributed by atoms with van der Waals surface area (Å²) < 4.78 is 9.86. The Bertz CT molecular complexity index is 551. The van der Waals surface area contributed by atoms with Crippen molar-refractivity contribution in [1.29, 1.82) is 0 Å². The number of carbonyl (C=O) groups is 1. The van der Waals surface area contributed by atoms with E-state index in [9.17, 15) is 4.79 Å². The number of carbonyl (C=O) groups excluding carboxylic acids is 1. The zero-order valence-electron chi connectivity index (χ0n) is 10.4. The Morgan fingerprint density at radius 3 is 2.74 bits per heavy atom. The van der Waals surface area contributed by atoms with E-state index in [0.29, 0.717) is 29.6 Å². The van der Waals surface area contributed by atoms with Gasteiger partial charge in [-0.3, -0.25) is 4.79 Å². The van der Waals surface area contributed by atoms with E-state index in [2.05, 4.69) is 10.1 Å². The Morgan fingerprint density at radius 1 is 1.37 bits per heavy atom. The van der Waals surface area contributed by atoms with Gasteiger partial charge in [-0.1, -0.05) is 28.9 Å². The maximum absolute atomic E-state index is 11.5. The number of hydrogen-bond acceptors (Lipinski definition) is 5. The molecule has 0 amide bonds. The van der Waals surface area contributed by atoms with Gasteiger partial charge in [0.1, 0.15) is 0 Å². The molecule has 0 saturated carbocycles. The van der Waals surface area contributed by atoms with Crippen LogP contribution in [0.1, 0.15) is 23.7 Å². The van der Waals surface area contributed by atoms with Crippen LogP contribution in [0.2, 0.25) is 5.02 Å². The van der Waals surface area contributed by atoms with Gasteiger partial charge in [0.2, 0.25) is 0 Å². The molecular weight excluding hydrogens is 268 g/mol. The summed E-state index contributed by atoms with van der Waals surface area (Å²) in [6, 6.07) is 7.36. The van der Waals surface area contributed by atoms with Gasteiger partial charge in [-0.05, 0) is 31.0 Å². The van der Waals surface area contributed by atoms with Crippen LogP contribution in [0.15, 0.2) is 28.8 Å². The number of aromatic nitrogens is 2. The van der Waals surface area contributed by atoms with Crippen molar-refractivity contribution in [2.45, 2.75) is 26.4 Å². The van der Waals surface area contributed by atoms with Gasteiger partial charge in [0.25, 0.3) is 5.89 Å². The predicted molar refractivity (Wildman–Crippen MR) is 68.6 cm³/mol. The summed E-state index contributed by atoms with van der Waals surface area (Å²) in [5.74, 6) is 0.523. The third kappa shape index (κ3) is 4.37. The van der Waals surface area contributed by atoms with Crippen LogP contribution < -0.4 is 0 Å². The van der Waals surface area contributed by atoms with Crippen LogP contribution in [0.25, 0.3) is 0 Å². The highest BCUT2D eigenvalue weighted by atomic mass is 35.5. The largest absolute Gasteiger partial charge is 0.456 e. The number of nitrogens with zero attached hydrogens (tertiary/aromatic N) is 2. The number of esters is 1. The monoisotopic (exact) mass is 280 g/mol. The summed E-state index contributed by atoms with van der Waals surface area (Å²) in [4.78, 5) is 15.5. The highest BCUT2D eigenvalue weighted by molar-refractivity contribution is 6.30. The maximum Gasteiger partial charge on any atom is 0.306 e. The van der Waals surface area contributed by atoms with E-state index in [0.717, 1.165) is 5.56 Å². The predicted octanol–water partition coefficient (Wildman–Crippen LogP) is 2.71. The Balaban J connectivity index is 1.74. The first kappa shape index (κ1) is 13.5. The molecule has 0 saturated heterocycles. The van der Waals surface area contributed by atoms with Crippen molar-refractivity contribution >= 4 is 17.6 Å². The van der Waals surface area contributed by atoms with Gasteiger partial charge < -0.3 is 9.26 Å². The van der Waals surface area contributed by atoms with Gasteiger partial charge in [0.05, 0.1) is 0 Å². The van der Waals surface area contributed by atoms with E-state index in [1.807, 2.05) is 12.1 Å². The fraction of sp³-hybridized carbons (Fsp3) is 0.308. The summed E-state index contributed by atoms with van der Waals surface area (Å²) in [6.45, 7) is 1.72. The molecule has 2 aromatic rings. The van der Waals surface area contributed by atoms with Gasteiger partial charge in [-0.25, -0.2) is 0 Å². The first-order chi connectivity index (χ1) is 9.13. The Labute approximate surface area is 115 Å². The lowest BCUT2D eigenvalue weighted by atomic mass is 10.1. The number of halogens is 1. The van der Waals surface area contributed by atoms with E-state index < -0.39 is 0 Å². The van der Waals surface area contributed by atoms with E-state index in [4.69, 9.17) is 20.9 Å². The average Bonchev–Trinajstić information content (AvgIpc) is 2.81. The average molecular weight is 281 g/mol. The molecule has 0 aliphatic heterocycles. The molecule has 6 heteroatoms. The Morgan fingerprint density at radius 2 is 2.11 bits per heavy atom. The number of aryl methyl sites for hydroxylation is 2. The van der Waals surface area contributed by atoms with E-state index in [1.54, 1.807) is 19.1 Å². The molecule has 0 aliphatic carbocycles. The third-order valence-electron chi connectivity index (χ3n) is 2.46. The first-order valence-corrected chi connectivity index (χ1v) is 6.20. The lowest BCUT2D eigenvalue weighted by molar-refractivity contribution is -0.145. The zero-order chi connectivity index (χ0) is 13.7. The Hall–Kier alpha value is -1.88. The summed E-state index contributed by atoms with van der Waals surface area (Å²) in [6.07, 6.45) is 0.910. The molecule has 100 valence electrons. The molecule has 19 heavy (non-hydrogen) atoms. The van der Waals surface area contributed by atoms with Gasteiger partial charge in [-0.15, -0.1) is 0 Å². The van der Waals surface area contributed by atoms with Crippen LogP contribution >= 0.6 is 11.6 Å². The number of hydrogen-bond donors (Lipinski definition) is 0. The third-order valence-corrected chi connectivity index (χ3v) is 2.71. The molecule has 0 spiro atoms. The SMILES string of the molecule is Cc1noc(COC(=O)CCc2ccc(Cl)cc2)n1. The van der Waals surface area contributed by atoms with Crippen molar-refractivity contribution in [2.24, 2.45) is 0 Å². The zero-order valence-corrected chi connectivity index (χ0v) is 11.2. The summed E-state index contributed by atoms with van der Waals surface area (Å²) in [5.41, 5.74) is 1.04. The molecule has 0 fully saturated rings. The smallest absolute Gasteiger partial charge is 0.306 e. The Kier molecular flexibility index (Phi) is 4.52. The fourth-order valence-electron chi connectivity index (χ4n) is 1.51. The molecule has 2 rings (SSSR count). The number of ether oxygens (including phenoxy) is 1. The number of rotatable bonds is 5. The van der Waals surface area contributed by atoms with Crippen LogP contribution in [0, 0.1) is 6.92 Å². The molecule has 1 heterocycles. The number of benzene rings is 1. The van der Waals surface area contributed by atoms with Crippen LogP contribution in [-0.4, -0.2) is 16.1 Å². The minimum Gasteiger partial charge on any atom is -0.456 e. The van der Waals surface area contributed by atoms with Crippen molar-refractivity contribution in [3.05, 3.63) is 46.6 Å². The summed E-state index contributed by atoms with van der Waals surface area (Å²) in [7, 11) is 0. The molecule has 5 nitrogen and oxygen atoms in total. The second kappa shape index (κ2) is 6.33. The second-order valence-electron chi connectivity index (χ2n) is 4.02. The van der Waals surface area contributed by atoms with Crippen molar-refractivity contribution in [1.82, 2.24) is 10.1 Å². The normalized spacial score (nSPS) is 10.4. The minimum atomic E-state index is -0.300. The topological polar surface area (TPSA) is 65.2 Å². The van der Waals surface area contributed by atoms with E-state index >= 15 is 0 Å². The second-order valence-corrected chi connectivity index (χ2v) is 4.46. The highest BCUT2D eigenvalue weighted by Crippen LogP contribution is 2.11. The molecule has 1 aromatic heterocycles. The summed E-state index contributed by atoms with van der Waals surface area (Å²) in [5, 5.41) is 4.29. The van der Waals surface area contributed by atoms with E-state index in [-0.39, 0.29) is 12.6 Å². The molecule has 0 N–H and O–H groups in total. The molecule has 1 aromatic carbocycles. The molecule has 0 radical (unpaired) electrons. The van der Waals surface area contributed by atoms with E-state index in [1.165, 1.54) is 0 Å². The van der Waals surface area contributed by atoms with Crippen LogP contribution in [0.5, 0.6) is 0 Å². The van der Waals surface area contributed by atoms with Crippen LogP contribution in [0.4, 0.5) is 0 Å². The van der Waals surface area contributed by atoms with Crippen LogP contribution in [-0.2, 0) is 22.6 Å². The van der Waals surface area contributed by atoms with Crippen LogP contribution in [0.3, 0.4) is 0 Å². The van der Waals surface area contributed by atoms with Crippen molar-refractivity contribution in [3.63, 3.8) is 0 Å². The molecule has 0 bridgehead atoms. The lowest BCUT2D eigenvalue weighted by Gasteiger charge is -2.02. The first-order valence-electron chi connectivity index (χ1n) is 5.83. The highest BCUT2D eigenvalue weighted by Gasteiger charge is 2.08. The maximum atomic E-state index is 11.5. The van der Waals surface area contributed by atoms with Crippen molar-refractivity contribution in [2.75, 3.05) is 0 Å². The molecule has 0 atom stereocenters. The summed E-state index contributed by atoms with van der Waals surface area (Å²) >= 11 is 5.78. The van der Waals surface area contributed by atoms with Crippen molar-refractivity contribution in [3.8, 4) is 0 Å². The fourth-order valence-corrected chi connectivity index (χ4v) is 1.64. The lowest BCUT2D eigenvalue weighted by Crippen LogP contribution is -2.06. The minimum absolute atomic E-state index is 0.0142. The van der Waals surface area contributed by atoms with Gasteiger partial charge in [0.15, 0.2) is 12.4 Å². The molecule has 0 unspecified atom stereocenters. The quantitative estimate of drug-likeness (QED) is 0.788. The standard InChI is InChI=1S/C13H13ClN2O3/c1-9-15-12(19-16-9)8-18-13(17)7-4-10-2-5-11(14)6-3-10/h2-3,5-6H,4,7-8H2,1H3. The van der Waals surface area contributed by atoms with Gasteiger partial charge in [0, 0.05) is 11.4 Å². The van der Waals surface area contributed by atoms with Crippen molar-refractivity contribution < 1.29 is 14.1 Å².